The van der Waals surface area contributed by atoms with Crippen LogP contribution in [0.15, 0.2) is 59.8 Å². The van der Waals surface area contributed by atoms with Crippen molar-refractivity contribution in [1.82, 2.24) is 4.90 Å². The van der Waals surface area contributed by atoms with E-state index < -0.39 is 6.10 Å². The molecule has 2 unspecified atom stereocenters. The van der Waals surface area contributed by atoms with E-state index in [0.29, 0.717) is 24.7 Å². The second-order valence-corrected chi connectivity index (χ2v) is 7.20. The van der Waals surface area contributed by atoms with Crippen LogP contribution in [0.25, 0.3) is 0 Å². The molecule has 1 heterocycles. The molecule has 2 aromatic carbocycles. The van der Waals surface area contributed by atoms with Crippen LogP contribution in [-0.4, -0.2) is 54.7 Å². The lowest BCUT2D eigenvalue weighted by molar-refractivity contribution is 0.00921. The lowest BCUT2D eigenvalue weighted by atomic mass is 10.0. The van der Waals surface area contributed by atoms with Crippen molar-refractivity contribution >= 4 is 17.3 Å². The Morgan fingerprint density at radius 1 is 1.22 bits per heavy atom. The molecule has 3 rings (SSSR count). The fraction of sp³-hybridized carbons (Fsp3) is 0.381. The molecule has 6 heteroatoms. The van der Waals surface area contributed by atoms with Crippen LogP contribution < -0.4 is 0 Å². The van der Waals surface area contributed by atoms with Gasteiger partial charge in [-0.15, -0.1) is 0 Å². The molecule has 1 aliphatic heterocycles. The zero-order valence-corrected chi connectivity index (χ0v) is 16.2. The van der Waals surface area contributed by atoms with Gasteiger partial charge >= 0.3 is 0 Å². The fourth-order valence-corrected chi connectivity index (χ4v) is 3.34. The lowest BCUT2D eigenvalue weighted by Crippen LogP contribution is -2.39. The van der Waals surface area contributed by atoms with Gasteiger partial charge in [0.25, 0.3) is 0 Å². The standard InChI is InChI=1S/C21H25ClN2O3/c1-26-15-19(25)13-24(12-16-5-3-2-4-6-16)14-20-11-21(23-27-20)17-7-9-18(22)10-8-17/h2-10,19-20,25H,11-15H2,1H3. The van der Waals surface area contributed by atoms with Crippen LogP contribution in [0.4, 0.5) is 0 Å². The van der Waals surface area contributed by atoms with Crippen molar-refractivity contribution in [3.05, 3.63) is 70.7 Å². The number of benzene rings is 2. The van der Waals surface area contributed by atoms with E-state index in [4.69, 9.17) is 21.2 Å². The molecule has 1 aliphatic rings. The SMILES string of the molecule is COCC(O)CN(Cc1ccccc1)CC1CC(c2ccc(Cl)cc2)=NO1. The number of nitrogens with zero attached hydrogens (tertiary/aromatic N) is 2. The number of rotatable bonds is 9. The molecular weight excluding hydrogens is 364 g/mol. The minimum Gasteiger partial charge on any atom is -0.390 e. The summed E-state index contributed by atoms with van der Waals surface area (Å²) in [4.78, 5) is 7.84. The van der Waals surface area contributed by atoms with Gasteiger partial charge in [-0.1, -0.05) is 59.2 Å². The van der Waals surface area contributed by atoms with Gasteiger partial charge in [-0.05, 0) is 23.3 Å². The molecule has 0 radical (unpaired) electrons. The molecule has 0 saturated heterocycles. The average molecular weight is 389 g/mol. The molecule has 0 bridgehead atoms. The van der Waals surface area contributed by atoms with Crippen LogP contribution >= 0.6 is 11.6 Å². The first-order valence-electron chi connectivity index (χ1n) is 9.06. The van der Waals surface area contributed by atoms with Gasteiger partial charge in [0.15, 0.2) is 0 Å². The van der Waals surface area contributed by atoms with Gasteiger partial charge in [-0.3, -0.25) is 4.90 Å². The van der Waals surface area contributed by atoms with Crippen molar-refractivity contribution in [3.8, 4) is 0 Å². The van der Waals surface area contributed by atoms with Crippen LogP contribution in [0.5, 0.6) is 0 Å². The molecule has 2 atom stereocenters. The molecule has 0 spiro atoms. The Labute approximate surface area is 165 Å². The van der Waals surface area contributed by atoms with E-state index in [1.807, 2.05) is 42.5 Å². The number of oxime groups is 1. The summed E-state index contributed by atoms with van der Waals surface area (Å²) in [7, 11) is 1.59. The van der Waals surface area contributed by atoms with E-state index in [9.17, 15) is 5.11 Å². The predicted octanol–water partition coefficient (Wildman–Crippen LogP) is 3.34. The average Bonchev–Trinajstić information content (AvgIpc) is 3.11. The third-order valence-corrected chi connectivity index (χ3v) is 4.70. The van der Waals surface area contributed by atoms with Crippen molar-refractivity contribution in [1.29, 1.82) is 0 Å². The number of methoxy groups -OCH3 is 1. The predicted molar refractivity (Wildman–Crippen MR) is 107 cm³/mol. The summed E-state index contributed by atoms with van der Waals surface area (Å²) < 4.78 is 5.07. The molecule has 144 valence electrons. The summed E-state index contributed by atoms with van der Waals surface area (Å²) in [5, 5.41) is 15.1. The van der Waals surface area contributed by atoms with E-state index in [1.54, 1.807) is 7.11 Å². The van der Waals surface area contributed by atoms with Crippen molar-refractivity contribution in [2.75, 3.05) is 26.8 Å². The first kappa shape index (κ1) is 19.8. The number of halogens is 1. The highest BCUT2D eigenvalue weighted by Crippen LogP contribution is 2.20. The molecule has 0 aliphatic carbocycles. The van der Waals surface area contributed by atoms with E-state index in [-0.39, 0.29) is 6.10 Å². The maximum absolute atomic E-state index is 10.2. The Hall–Kier alpha value is -1.92. The van der Waals surface area contributed by atoms with Crippen molar-refractivity contribution in [2.24, 2.45) is 5.16 Å². The van der Waals surface area contributed by atoms with Gasteiger partial charge in [-0.25, -0.2) is 0 Å². The van der Waals surface area contributed by atoms with Gasteiger partial charge < -0.3 is 14.7 Å². The van der Waals surface area contributed by atoms with Crippen molar-refractivity contribution in [2.45, 2.75) is 25.2 Å². The first-order valence-corrected chi connectivity index (χ1v) is 9.43. The van der Waals surface area contributed by atoms with Gasteiger partial charge in [-0.2, -0.15) is 0 Å². The number of ether oxygens (including phenoxy) is 1. The topological polar surface area (TPSA) is 54.3 Å². The van der Waals surface area contributed by atoms with Crippen LogP contribution in [0.3, 0.4) is 0 Å². The normalized spacial score (nSPS) is 17.6. The summed E-state index contributed by atoms with van der Waals surface area (Å²) >= 11 is 5.96. The third kappa shape index (κ3) is 6.04. The summed E-state index contributed by atoms with van der Waals surface area (Å²) in [6, 6.07) is 17.8. The van der Waals surface area contributed by atoms with Gasteiger partial charge in [0.2, 0.25) is 0 Å². The number of aliphatic hydroxyl groups is 1. The Bertz CT molecular complexity index is 737. The molecule has 0 aromatic heterocycles. The molecule has 1 N–H and O–H groups in total. The molecule has 2 aromatic rings. The molecule has 27 heavy (non-hydrogen) atoms. The molecular formula is C21H25ClN2O3. The molecule has 0 amide bonds. The smallest absolute Gasteiger partial charge is 0.145 e. The van der Waals surface area contributed by atoms with Crippen LogP contribution in [0.1, 0.15) is 17.5 Å². The van der Waals surface area contributed by atoms with Crippen LogP contribution in [0.2, 0.25) is 5.02 Å². The summed E-state index contributed by atoms with van der Waals surface area (Å²) in [5.41, 5.74) is 3.14. The fourth-order valence-electron chi connectivity index (χ4n) is 3.22. The zero-order valence-electron chi connectivity index (χ0n) is 15.4. The highest BCUT2D eigenvalue weighted by Gasteiger charge is 2.25. The molecule has 0 saturated carbocycles. The minimum absolute atomic E-state index is 0.0471. The Kier molecular flexibility index (Phi) is 7.24. The Morgan fingerprint density at radius 2 is 1.96 bits per heavy atom. The number of aliphatic hydroxyl groups excluding tert-OH is 1. The number of hydrogen-bond acceptors (Lipinski definition) is 5. The van der Waals surface area contributed by atoms with Gasteiger partial charge in [0, 0.05) is 38.2 Å². The highest BCUT2D eigenvalue weighted by atomic mass is 35.5. The maximum Gasteiger partial charge on any atom is 0.145 e. The Balaban J connectivity index is 1.61. The van der Waals surface area contributed by atoms with E-state index in [1.165, 1.54) is 5.56 Å². The maximum atomic E-state index is 10.2. The second-order valence-electron chi connectivity index (χ2n) is 6.77. The Morgan fingerprint density at radius 3 is 2.67 bits per heavy atom. The van der Waals surface area contributed by atoms with E-state index in [0.717, 1.165) is 24.2 Å². The number of hydrogen-bond donors (Lipinski definition) is 1. The summed E-state index contributed by atoms with van der Waals surface area (Å²) in [5.74, 6) is 0. The van der Waals surface area contributed by atoms with Gasteiger partial charge in [0.05, 0.1) is 18.4 Å². The van der Waals surface area contributed by atoms with E-state index in [2.05, 4.69) is 22.2 Å². The lowest BCUT2D eigenvalue weighted by Gasteiger charge is -2.26. The van der Waals surface area contributed by atoms with Crippen LogP contribution in [-0.2, 0) is 16.1 Å². The third-order valence-electron chi connectivity index (χ3n) is 4.45. The van der Waals surface area contributed by atoms with Crippen LogP contribution in [0, 0.1) is 0 Å². The highest BCUT2D eigenvalue weighted by molar-refractivity contribution is 6.30. The monoisotopic (exact) mass is 388 g/mol. The minimum atomic E-state index is -0.545. The molecule has 0 fully saturated rings. The second kappa shape index (κ2) is 9.85. The van der Waals surface area contributed by atoms with Crippen molar-refractivity contribution in [3.63, 3.8) is 0 Å². The van der Waals surface area contributed by atoms with Gasteiger partial charge in [0.1, 0.15) is 6.10 Å². The van der Waals surface area contributed by atoms with Crippen molar-refractivity contribution < 1.29 is 14.7 Å². The first-order chi connectivity index (χ1) is 13.1. The largest absolute Gasteiger partial charge is 0.390 e. The van der Waals surface area contributed by atoms with E-state index >= 15 is 0 Å². The quantitative estimate of drug-likeness (QED) is 0.715. The zero-order chi connectivity index (χ0) is 19.1. The summed E-state index contributed by atoms with van der Waals surface area (Å²) in [6.07, 6.45) is 0.138. The molecule has 5 nitrogen and oxygen atoms in total. The summed E-state index contributed by atoms with van der Waals surface area (Å²) in [6.45, 7) is 2.23.